The van der Waals surface area contributed by atoms with Crippen LogP contribution in [0.1, 0.15) is 24.6 Å². The van der Waals surface area contributed by atoms with Crippen molar-refractivity contribution in [3.63, 3.8) is 0 Å². The van der Waals surface area contributed by atoms with Crippen LogP contribution in [0.3, 0.4) is 0 Å². The topological polar surface area (TPSA) is 88.5 Å². The Labute approximate surface area is 172 Å². The first-order chi connectivity index (χ1) is 13.7. The fraction of sp³-hybridized carbons (Fsp3) is 0.316. The van der Waals surface area contributed by atoms with Gasteiger partial charge in [-0.2, -0.15) is 0 Å². The molecule has 7 nitrogen and oxygen atoms in total. The molecule has 4 rings (SSSR count). The van der Waals surface area contributed by atoms with Crippen molar-refractivity contribution in [2.75, 3.05) is 25.5 Å². The minimum atomic E-state index is 0.625. The van der Waals surface area contributed by atoms with E-state index in [9.17, 15) is 0 Å². The number of rotatable bonds is 7. The largest absolute Gasteiger partial charge is 0.368 e. The van der Waals surface area contributed by atoms with Crippen molar-refractivity contribution < 1.29 is 0 Å². The van der Waals surface area contributed by atoms with Gasteiger partial charge in [-0.3, -0.25) is 4.98 Å². The Morgan fingerprint density at radius 2 is 2.00 bits per heavy atom. The van der Waals surface area contributed by atoms with Crippen LogP contribution in [0.4, 0.5) is 5.82 Å². The SMILES string of the molecule is CCC1=C(Cl)c2c(nc(Sc3cnc4nccnc4c3)nc2NCCNC)C1. The van der Waals surface area contributed by atoms with Crippen LogP contribution in [0.25, 0.3) is 16.2 Å². The van der Waals surface area contributed by atoms with Gasteiger partial charge < -0.3 is 10.6 Å². The number of anilines is 1. The van der Waals surface area contributed by atoms with Gasteiger partial charge in [0, 0.05) is 43.0 Å². The predicted molar refractivity (Wildman–Crippen MR) is 113 cm³/mol. The summed E-state index contributed by atoms with van der Waals surface area (Å²) >= 11 is 8.08. The molecule has 0 amide bonds. The van der Waals surface area contributed by atoms with Gasteiger partial charge in [-0.25, -0.2) is 19.9 Å². The molecule has 1 aliphatic carbocycles. The molecular weight excluding hydrogens is 394 g/mol. The molecule has 0 radical (unpaired) electrons. The predicted octanol–water partition coefficient (Wildman–Crippen LogP) is 3.51. The molecule has 0 unspecified atom stereocenters. The summed E-state index contributed by atoms with van der Waals surface area (Å²) < 4.78 is 0. The maximum absolute atomic E-state index is 6.62. The zero-order valence-corrected chi connectivity index (χ0v) is 17.2. The lowest BCUT2D eigenvalue weighted by atomic mass is 10.2. The minimum absolute atomic E-state index is 0.625. The number of fused-ring (bicyclic) bond motifs is 2. The fourth-order valence-corrected chi connectivity index (χ4v) is 4.24. The van der Waals surface area contributed by atoms with Crippen molar-refractivity contribution >= 4 is 45.4 Å². The smallest absolute Gasteiger partial charge is 0.194 e. The second kappa shape index (κ2) is 8.38. The van der Waals surface area contributed by atoms with E-state index < -0.39 is 0 Å². The molecular formula is C19H20ClN7S. The van der Waals surface area contributed by atoms with E-state index in [2.05, 4.69) is 32.5 Å². The molecule has 3 aromatic heterocycles. The zero-order valence-electron chi connectivity index (χ0n) is 15.7. The molecule has 0 aliphatic heterocycles. The number of nitrogens with zero attached hydrogens (tertiary/aromatic N) is 5. The van der Waals surface area contributed by atoms with Crippen LogP contribution in [-0.2, 0) is 6.42 Å². The van der Waals surface area contributed by atoms with Crippen LogP contribution in [-0.4, -0.2) is 45.1 Å². The summed E-state index contributed by atoms with van der Waals surface area (Å²) in [6, 6.07) is 1.95. The van der Waals surface area contributed by atoms with Gasteiger partial charge in [0.15, 0.2) is 10.8 Å². The van der Waals surface area contributed by atoms with Crippen LogP contribution in [0.5, 0.6) is 0 Å². The molecule has 28 heavy (non-hydrogen) atoms. The first kappa shape index (κ1) is 19.0. The molecule has 3 heterocycles. The Balaban J connectivity index is 1.67. The van der Waals surface area contributed by atoms with Gasteiger partial charge in [0.2, 0.25) is 0 Å². The van der Waals surface area contributed by atoms with E-state index in [0.717, 1.165) is 58.5 Å². The van der Waals surface area contributed by atoms with E-state index in [-0.39, 0.29) is 0 Å². The Morgan fingerprint density at radius 1 is 1.14 bits per heavy atom. The van der Waals surface area contributed by atoms with E-state index in [1.54, 1.807) is 18.6 Å². The van der Waals surface area contributed by atoms with Gasteiger partial charge >= 0.3 is 0 Å². The normalized spacial score (nSPS) is 13.2. The van der Waals surface area contributed by atoms with Gasteiger partial charge in [0.05, 0.1) is 16.3 Å². The van der Waals surface area contributed by atoms with E-state index in [1.807, 2.05) is 13.1 Å². The van der Waals surface area contributed by atoms with Crippen molar-refractivity contribution in [2.24, 2.45) is 0 Å². The highest BCUT2D eigenvalue weighted by atomic mass is 35.5. The standard InChI is InChI=1S/C19H20ClN7S/c1-3-11-8-13-15(16(11)20)18(24-5-4-21-2)27-19(26-13)28-12-9-14-17(25-10-12)23-7-6-22-14/h6-7,9-10,21H,3-5,8H2,1-2H3,(H,24,26,27). The second-order valence-corrected chi connectivity index (χ2v) is 7.75. The van der Waals surface area contributed by atoms with Crippen molar-refractivity contribution in [3.8, 4) is 0 Å². The summed E-state index contributed by atoms with van der Waals surface area (Å²) in [5.74, 6) is 0.782. The number of allylic oxidation sites excluding steroid dienone is 1. The highest BCUT2D eigenvalue weighted by Crippen LogP contribution is 2.41. The summed E-state index contributed by atoms with van der Waals surface area (Å²) in [5, 5.41) is 7.97. The summed E-state index contributed by atoms with van der Waals surface area (Å²) in [4.78, 5) is 23.3. The van der Waals surface area contributed by atoms with Crippen LogP contribution in [0.15, 0.2) is 40.3 Å². The molecule has 2 N–H and O–H groups in total. The Hall–Kier alpha value is -2.29. The van der Waals surface area contributed by atoms with Crippen LogP contribution >= 0.6 is 23.4 Å². The molecule has 1 aliphatic rings. The fourth-order valence-electron chi connectivity index (χ4n) is 3.06. The highest BCUT2D eigenvalue weighted by Gasteiger charge is 2.26. The van der Waals surface area contributed by atoms with Gasteiger partial charge in [-0.1, -0.05) is 18.5 Å². The molecule has 0 spiro atoms. The van der Waals surface area contributed by atoms with Crippen LogP contribution in [0, 0.1) is 0 Å². The van der Waals surface area contributed by atoms with Crippen molar-refractivity contribution in [3.05, 3.63) is 41.5 Å². The Morgan fingerprint density at radius 3 is 2.82 bits per heavy atom. The molecule has 3 aromatic rings. The number of aromatic nitrogens is 5. The zero-order chi connectivity index (χ0) is 19.5. The third kappa shape index (κ3) is 3.80. The number of nitrogens with one attached hydrogen (secondary N) is 2. The third-order valence-corrected chi connectivity index (χ3v) is 5.76. The lowest BCUT2D eigenvalue weighted by Crippen LogP contribution is -2.19. The van der Waals surface area contributed by atoms with Crippen LogP contribution < -0.4 is 10.6 Å². The minimum Gasteiger partial charge on any atom is -0.368 e. The molecule has 0 saturated heterocycles. The molecule has 0 aromatic carbocycles. The van der Waals surface area contributed by atoms with E-state index in [1.165, 1.54) is 17.3 Å². The summed E-state index contributed by atoms with van der Waals surface area (Å²) in [7, 11) is 1.92. The molecule has 0 saturated carbocycles. The molecule has 0 atom stereocenters. The first-order valence-electron chi connectivity index (χ1n) is 9.11. The van der Waals surface area contributed by atoms with E-state index in [0.29, 0.717) is 10.8 Å². The van der Waals surface area contributed by atoms with Gasteiger partial charge in [-0.15, -0.1) is 0 Å². The average Bonchev–Trinajstić information content (AvgIpc) is 3.04. The lowest BCUT2D eigenvalue weighted by molar-refractivity contribution is 0.814. The number of halogens is 1. The van der Waals surface area contributed by atoms with Crippen molar-refractivity contribution in [2.45, 2.75) is 29.8 Å². The number of pyridine rings is 1. The summed E-state index contributed by atoms with van der Waals surface area (Å²) in [6.07, 6.45) is 6.74. The van der Waals surface area contributed by atoms with Crippen molar-refractivity contribution in [1.29, 1.82) is 0 Å². The average molecular weight is 414 g/mol. The molecule has 0 bridgehead atoms. The van der Waals surface area contributed by atoms with E-state index in [4.69, 9.17) is 21.6 Å². The maximum Gasteiger partial charge on any atom is 0.194 e. The lowest BCUT2D eigenvalue weighted by Gasteiger charge is -2.12. The molecule has 9 heteroatoms. The monoisotopic (exact) mass is 413 g/mol. The van der Waals surface area contributed by atoms with Crippen LogP contribution in [0.2, 0.25) is 0 Å². The Bertz CT molecular complexity index is 1050. The summed E-state index contributed by atoms with van der Waals surface area (Å²) in [5.41, 5.74) is 4.48. The van der Waals surface area contributed by atoms with E-state index >= 15 is 0 Å². The van der Waals surface area contributed by atoms with Gasteiger partial charge in [-0.05, 0) is 36.9 Å². The quantitative estimate of drug-likeness (QED) is 0.449. The molecule has 0 fully saturated rings. The molecule has 144 valence electrons. The van der Waals surface area contributed by atoms with Gasteiger partial charge in [0.1, 0.15) is 11.3 Å². The van der Waals surface area contributed by atoms with Gasteiger partial charge in [0.25, 0.3) is 0 Å². The maximum atomic E-state index is 6.62. The third-order valence-electron chi connectivity index (χ3n) is 4.48. The second-order valence-electron chi connectivity index (χ2n) is 6.33. The van der Waals surface area contributed by atoms with Crippen molar-refractivity contribution in [1.82, 2.24) is 30.2 Å². The Kier molecular flexibility index (Phi) is 5.70. The number of hydrogen-bond acceptors (Lipinski definition) is 8. The number of likely N-dealkylation sites (N-methyl/N-ethyl adjacent to an activating group) is 1. The highest BCUT2D eigenvalue weighted by molar-refractivity contribution is 7.99. The number of hydrogen-bond donors (Lipinski definition) is 2. The summed E-state index contributed by atoms with van der Waals surface area (Å²) in [6.45, 7) is 3.70. The first-order valence-corrected chi connectivity index (χ1v) is 10.3.